The molecule has 3 aromatic carbocycles. The number of ether oxygens (including phenoxy) is 1. The molecule has 342 valence electrons. The molecule has 0 aliphatic carbocycles. The summed E-state index contributed by atoms with van der Waals surface area (Å²) in [5.41, 5.74) is 3.08. The van der Waals surface area contributed by atoms with Crippen LogP contribution >= 0.6 is 0 Å². The summed E-state index contributed by atoms with van der Waals surface area (Å²) in [6.45, 7) is 9.98. The predicted octanol–water partition coefficient (Wildman–Crippen LogP) is 7.59. The molecule has 0 spiro atoms. The highest BCUT2D eigenvalue weighted by Crippen LogP contribution is 2.42. The number of aromatic nitrogens is 1. The molecule has 18 heteroatoms. The first kappa shape index (κ1) is 44.9. The van der Waals surface area contributed by atoms with Gasteiger partial charge in [0.25, 0.3) is 17.7 Å². The molecule has 4 aliphatic heterocycles. The Balaban J connectivity index is 0.904. The zero-order chi connectivity index (χ0) is 46.2. The molecular weight excluding hydrogens is 844 g/mol. The summed E-state index contributed by atoms with van der Waals surface area (Å²) in [4.78, 5) is 72.6. The number of nitrogens with one attached hydrogen (secondary N) is 4. The van der Waals surface area contributed by atoms with Crippen LogP contribution in [0.1, 0.15) is 99.6 Å². The van der Waals surface area contributed by atoms with Gasteiger partial charge in [0.15, 0.2) is 0 Å². The van der Waals surface area contributed by atoms with E-state index in [1.165, 1.54) is 25.2 Å². The number of para-hydroxylation sites is 1. The lowest BCUT2D eigenvalue weighted by molar-refractivity contribution is -0.137. The van der Waals surface area contributed by atoms with Crippen molar-refractivity contribution in [2.24, 2.45) is 5.92 Å². The van der Waals surface area contributed by atoms with E-state index >= 15 is 0 Å². The lowest BCUT2D eigenvalue weighted by atomic mass is 9.85. The predicted molar refractivity (Wildman–Crippen MR) is 238 cm³/mol. The molecule has 5 heterocycles. The van der Waals surface area contributed by atoms with Crippen molar-refractivity contribution in [3.8, 4) is 5.75 Å². The zero-order valence-electron chi connectivity index (χ0n) is 36.7. The summed E-state index contributed by atoms with van der Waals surface area (Å²) < 4.78 is 49.0. The van der Waals surface area contributed by atoms with Gasteiger partial charge in [-0.15, -0.1) is 0 Å². The largest absolute Gasteiger partial charge is 0.489 e. The Hall–Kier alpha value is -6.69. The van der Waals surface area contributed by atoms with Gasteiger partial charge in [-0.3, -0.25) is 24.5 Å². The number of alkyl halides is 3. The number of carbonyl (C=O) groups is 5. The van der Waals surface area contributed by atoms with E-state index in [9.17, 15) is 37.1 Å². The number of aryl methyl sites for hydroxylation is 1. The van der Waals surface area contributed by atoms with Gasteiger partial charge in [0.05, 0.1) is 57.7 Å². The molecule has 8 rings (SSSR count). The maximum atomic E-state index is 14.2. The first-order valence-electron chi connectivity index (χ1n) is 21.9. The van der Waals surface area contributed by atoms with Gasteiger partial charge in [-0.2, -0.15) is 18.2 Å². The number of rotatable bonds is 12. The SMILES string of the molecule is CNC(=O)c1ccccc1Nc1cc(Nc2cc(C)c(C3CCN(CC4CCN(c5cccc6c5C(=O)N(N5CCC(=O)NC5=O)C6=O)CC4)CC3)cc2OC(C)C)ncc1C(F)(F)F. The second kappa shape index (κ2) is 18.4. The summed E-state index contributed by atoms with van der Waals surface area (Å²) in [7, 11) is 1.45. The average molecular weight is 896 g/mol. The fourth-order valence-corrected chi connectivity index (χ4v) is 9.29. The molecule has 65 heavy (non-hydrogen) atoms. The van der Waals surface area contributed by atoms with E-state index in [0.717, 1.165) is 72.7 Å². The summed E-state index contributed by atoms with van der Waals surface area (Å²) in [5.74, 6) is -0.612. The van der Waals surface area contributed by atoms with E-state index in [2.05, 4.69) is 36.1 Å². The topological polar surface area (TPSA) is 169 Å². The van der Waals surface area contributed by atoms with Crippen LogP contribution in [0.15, 0.2) is 66.9 Å². The van der Waals surface area contributed by atoms with Crippen LogP contribution in [0.4, 0.5) is 46.5 Å². The number of amides is 6. The number of fused-ring (bicyclic) bond motifs is 1. The Labute approximate surface area is 374 Å². The van der Waals surface area contributed by atoms with E-state index in [1.807, 2.05) is 39.0 Å². The van der Waals surface area contributed by atoms with E-state index in [-0.39, 0.29) is 58.9 Å². The van der Waals surface area contributed by atoms with E-state index in [4.69, 9.17) is 4.74 Å². The molecule has 4 N–H and O–H groups in total. The number of hydrazine groups is 1. The highest BCUT2D eigenvalue weighted by Gasteiger charge is 2.45. The molecular formula is C47H52F3N9O6. The van der Waals surface area contributed by atoms with Gasteiger partial charge < -0.3 is 30.5 Å². The fraction of sp³-hybridized carbons (Fsp3) is 0.404. The number of carbonyl (C=O) groups excluding carboxylic acids is 5. The van der Waals surface area contributed by atoms with Crippen LogP contribution in [0.3, 0.4) is 0 Å². The monoisotopic (exact) mass is 895 g/mol. The Morgan fingerprint density at radius 3 is 2.31 bits per heavy atom. The molecule has 0 saturated carbocycles. The van der Waals surface area contributed by atoms with Gasteiger partial charge in [-0.05, 0) is 119 Å². The van der Waals surface area contributed by atoms with Crippen molar-refractivity contribution in [1.82, 2.24) is 30.5 Å². The maximum Gasteiger partial charge on any atom is 0.419 e. The minimum Gasteiger partial charge on any atom is -0.489 e. The number of hydrogen-bond acceptors (Lipinski definition) is 11. The highest BCUT2D eigenvalue weighted by molar-refractivity contribution is 6.24. The minimum absolute atomic E-state index is 0.00753. The van der Waals surface area contributed by atoms with Crippen LogP contribution in [-0.2, 0) is 11.0 Å². The van der Waals surface area contributed by atoms with E-state index in [0.29, 0.717) is 36.1 Å². The Bertz CT molecular complexity index is 2520. The fourth-order valence-electron chi connectivity index (χ4n) is 9.29. The molecule has 0 unspecified atom stereocenters. The molecule has 1 aromatic heterocycles. The number of halogens is 3. The van der Waals surface area contributed by atoms with Gasteiger partial charge in [-0.1, -0.05) is 18.2 Å². The van der Waals surface area contributed by atoms with Gasteiger partial charge in [0.2, 0.25) is 5.91 Å². The van der Waals surface area contributed by atoms with Gasteiger partial charge >= 0.3 is 12.2 Å². The van der Waals surface area contributed by atoms with Gasteiger partial charge in [0, 0.05) is 45.4 Å². The molecule has 4 aliphatic rings. The normalized spacial score (nSPS) is 17.7. The molecule has 6 amide bonds. The lowest BCUT2D eigenvalue weighted by Crippen LogP contribution is -2.58. The standard InChI is InChI=1S/C47H52F3N9O6/c1-27(2)65-39-23-33(28(3)22-37(39)54-40-24-36(34(25-52-40)47(48,49)50)53-35-10-6-5-8-31(35)43(61)51-4)30-14-17-56(18-15-30)26-29-12-19-57(20-13-29)38-11-7-9-32-42(38)45(63)59(44(32)62)58-21-16-41(60)55-46(58)64/h5-11,22-25,27,29-30H,12-21,26H2,1-4H3,(H,51,61)(H2,52,53,54)(H,55,60,64). The van der Waals surface area contributed by atoms with Crippen molar-refractivity contribution in [1.29, 1.82) is 0 Å². The van der Waals surface area contributed by atoms with E-state index < -0.39 is 41.4 Å². The molecule has 0 atom stereocenters. The first-order chi connectivity index (χ1) is 31.1. The number of benzene rings is 3. The third-order valence-electron chi connectivity index (χ3n) is 12.5. The summed E-state index contributed by atoms with van der Waals surface area (Å²) in [6, 6.07) is 16.0. The third-order valence-corrected chi connectivity index (χ3v) is 12.5. The number of nitrogens with zero attached hydrogens (tertiary/aromatic N) is 5. The van der Waals surface area contributed by atoms with Crippen LogP contribution in [0.5, 0.6) is 5.75 Å². The molecule has 0 bridgehead atoms. The summed E-state index contributed by atoms with van der Waals surface area (Å²) in [6.07, 6.45) is -0.448. The van der Waals surface area contributed by atoms with Crippen molar-refractivity contribution < 1.29 is 41.9 Å². The first-order valence-corrected chi connectivity index (χ1v) is 21.9. The van der Waals surface area contributed by atoms with Crippen LogP contribution in [0, 0.1) is 12.8 Å². The second-order valence-electron chi connectivity index (χ2n) is 17.2. The summed E-state index contributed by atoms with van der Waals surface area (Å²) in [5, 5.41) is 12.6. The van der Waals surface area contributed by atoms with Crippen LogP contribution in [0.25, 0.3) is 0 Å². The quantitative estimate of drug-likeness (QED) is 0.103. The van der Waals surface area contributed by atoms with Gasteiger partial charge in [-0.25, -0.2) is 14.8 Å². The van der Waals surface area contributed by atoms with Gasteiger partial charge in [0.1, 0.15) is 11.6 Å². The van der Waals surface area contributed by atoms with Crippen molar-refractivity contribution >= 4 is 58.2 Å². The number of urea groups is 1. The second-order valence-corrected chi connectivity index (χ2v) is 17.2. The molecule has 3 fully saturated rings. The zero-order valence-corrected chi connectivity index (χ0v) is 36.7. The summed E-state index contributed by atoms with van der Waals surface area (Å²) >= 11 is 0. The number of pyridine rings is 1. The number of imide groups is 2. The minimum atomic E-state index is -4.71. The number of hydrogen-bond donors (Lipinski definition) is 4. The van der Waals surface area contributed by atoms with Crippen LogP contribution in [0.2, 0.25) is 0 Å². The average Bonchev–Trinajstić information content (AvgIpc) is 3.53. The number of piperidine rings is 2. The smallest absolute Gasteiger partial charge is 0.419 e. The molecule has 15 nitrogen and oxygen atoms in total. The molecule has 4 aromatic rings. The van der Waals surface area contributed by atoms with E-state index in [1.54, 1.807) is 24.3 Å². The van der Waals surface area contributed by atoms with Crippen molar-refractivity contribution in [2.45, 2.75) is 71.1 Å². The number of likely N-dealkylation sites (tertiary alicyclic amines) is 1. The Morgan fingerprint density at radius 1 is 0.877 bits per heavy atom. The molecule has 0 radical (unpaired) electrons. The lowest BCUT2D eigenvalue weighted by Gasteiger charge is -2.39. The molecule has 3 saturated heterocycles. The number of anilines is 5. The Morgan fingerprint density at radius 2 is 1.62 bits per heavy atom. The Kier molecular flexibility index (Phi) is 12.7. The highest BCUT2D eigenvalue weighted by atomic mass is 19.4. The van der Waals surface area contributed by atoms with Crippen LogP contribution < -0.4 is 30.9 Å². The van der Waals surface area contributed by atoms with Crippen molar-refractivity contribution in [2.75, 3.05) is 61.8 Å². The van der Waals surface area contributed by atoms with Crippen LogP contribution in [-0.4, -0.2) is 102 Å². The van der Waals surface area contributed by atoms with Crippen molar-refractivity contribution in [3.05, 3.63) is 100 Å². The van der Waals surface area contributed by atoms with Crippen molar-refractivity contribution in [3.63, 3.8) is 0 Å². The third kappa shape index (κ3) is 9.44. The maximum absolute atomic E-state index is 14.2.